The van der Waals surface area contributed by atoms with E-state index in [-0.39, 0.29) is 95.6 Å². The molecule has 0 aliphatic rings. The van der Waals surface area contributed by atoms with Crippen molar-refractivity contribution in [2.24, 2.45) is 0 Å². The summed E-state index contributed by atoms with van der Waals surface area (Å²) in [4.78, 5) is 74.7. The van der Waals surface area contributed by atoms with E-state index in [1.807, 2.05) is 121 Å². The van der Waals surface area contributed by atoms with Crippen molar-refractivity contribution in [2.75, 3.05) is 0 Å². The van der Waals surface area contributed by atoms with Crippen LogP contribution < -0.4 is 0 Å². The van der Waals surface area contributed by atoms with Gasteiger partial charge in [-0.3, -0.25) is 38.4 Å². The fourth-order valence-electron chi connectivity index (χ4n) is 5.14. The average molecular weight is 861 g/mol. The molecule has 0 fully saturated rings. The molecule has 4 aromatic carbocycles. The van der Waals surface area contributed by atoms with Gasteiger partial charge in [0.2, 0.25) is 0 Å². The average Bonchev–Trinajstić information content (AvgIpc) is 3.06. The van der Waals surface area contributed by atoms with Crippen molar-refractivity contribution in [3.8, 4) is 0 Å². The van der Waals surface area contributed by atoms with Crippen LogP contribution >= 0.6 is 0 Å². The monoisotopic (exact) mass is 861 g/mol. The minimum absolute atomic E-state index is 0. The fraction of sp³-hybridized carbons (Fsp3) is 0.182. The van der Waals surface area contributed by atoms with Gasteiger partial charge in [-0.2, -0.15) is 70.8 Å². The summed E-state index contributed by atoms with van der Waals surface area (Å²) in [7, 11) is 0. The Balaban J connectivity index is 0.000000676. The fourth-order valence-corrected chi connectivity index (χ4v) is 5.14. The first-order valence-corrected chi connectivity index (χ1v) is 16.4. The molecule has 0 spiro atoms. The molecule has 8 nitrogen and oxygen atoms in total. The van der Waals surface area contributed by atoms with E-state index in [4.69, 9.17) is 0 Å². The second-order valence-corrected chi connectivity index (χ2v) is 11.6. The van der Waals surface area contributed by atoms with Crippen LogP contribution in [0.5, 0.6) is 0 Å². The van der Waals surface area contributed by atoms with E-state index in [1.165, 1.54) is 0 Å². The number of hydrogen-bond donors (Lipinski definition) is 0. The molecule has 0 unspecified atom stereocenters. The second kappa shape index (κ2) is 25.3. The van der Waals surface area contributed by atoms with Crippen LogP contribution in [0, 0.1) is 73.0 Å². The summed E-state index contributed by atoms with van der Waals surface area (Å²) in [6, 6.07) is 37.2. The van der Waals surface area contributed by atoms with E-state index in [9.17, 15) is 38.4 Å². The molecule has 0 radical (unpaired) electrons. The Hall–Kier alpha value is -4.70. The van der Waals surface area contributed by atoms with Crippen molar-refractivity contribution in [1.29, 1.82) is 0 Å². The largest absolute Gasteiger partial charge is 3.00 e. The van der Waals surface area contributed by atoms with Crippen LogP contribution in [0.1, 0.15) is 77.6 Å². The summed E-state index contributed by atoms with van der Waals surface area (Å²) in [5, 5.41) is 0. The summed E-state index contributed by atoms with van der Waals surface area (Å²) in [5.41, 5.74) is 3.29. The van der Waals surface area contributed by atoms with Gasteiger partial charge >= 0.3 is 49.4 Å². The Labute approximate surface area is 353 Å². The topological polar surface area (TPSA) is 171 Å². The Kier molecular flexibility index (Phi) is 23.1. The van der Waals surface area contributed by atoms with Crippen LogP contribution in [0.15, 0.2) is 121 Å². The molecule has 276 valence electrons. The van der Waals surface area contributed by atoms with Gasteiger partial charge in [-0.25, -0.2) is 0 Å². The van der Waals surface area contributed by atoms with Crippen molar-refractivity contribution in [3.05, 3.63) is 167 Å². The van der Waals surface area contributed by atoms with Gasteiger partial charge < -0.3 is 0 Å². The summed E-state index contributed by atoms with van der Waals surface area (Å²) >= 11 is 0. The van der Waals surface area contributed by atoms with Crippen LogP contribution in [0.3, 0.4) is 0 Å². The minimum Gasteiger partial charge on any atom is -0.292 e. The van der Waals surface area contributed by atoms with Gasteiger partial charge in [0.15, 0.2) is 0 Å². The van der Waals surface area contributed by atoms with E-state index in [2.05, 4.69) is 0 Å². The molecular formula is C44H52EuO8+7. The predicted molar refractivity (Wildman–Crippen MR) is 216 cm³/mol. The van der Waals surface area contributed by atoms with Crippen LogP contribution in [0.4, 0.5) is 0 Å². The number of ketones is 8. The summed E-state index contributed by atoms with van der Waals surface area (Å²) in [6.07, 6.45) is 0. The molecule has 53 heavy (non-hydrogen) atoms. The molecule has 0 aromatic heterocycles. The second-order valence-electron chi connectivity index (χ2n) is 11.6. The summed E-state index contributed by atoms with van der Waals surface area (Å²) in [5.74, 6) is 3.05. The van der Waals surface area contributed by atoms with Crippen LogP contribution in [-0.2, 0) is 0 Å². The maximum atomic E-state index is 9.33. The first kappa shape index (κ1) is 48.3. The third-order valence-corrected chi connectivity index (χ3v) is 7.14. The molecule has 0 aliphatic heterocycles. The van der Waals surface area contributed by atoms with Crippen molar-refractivity contribution < 1.29 is 87.7 Å². The van der Waals surface area contributed by atoms with E-state index >= 15 is 0 Å². The molecule has 0 saturated heterocycles. The Morgan fingerprint density at radius 1 is 0.264 bits per heavy atom. The van der Waals surface area contributed by atoms with Crippen molar-refractivity contribution in [1.82, 2.24) is 0 Å². The molecule has 0 saturated carbocycles. The van der Waals surface area contributed by atoms with Gasteiger partial charge in [-0.15, -0.1) is 48.5 Å². The molecule has 0 aliphatic carbocycles. The zero-order chi connectivity index (χ0) is 39.4. The Morgan fingerprint density at radius 3 is 0.472 bits per heavy atom. The SMILES string of the molecule is CC(=[OH+])[C-](C(C)=[OH+])c1ccccc1.CC(=[OH+])[C-](C(C)=[OH+])c1ccccc1.CC(=[OH+])[C-](C(C)=[OH+])c1ccccc1.CC(=[OH+])[C-](C(C)=[OH+])c1ccccc1.[Eu+3]. The molecule has 9 heteroatoms. The van der Waals surface area contributed by atoms with Gasteiger partial charge in [0, 0.05) is 55.4 Å². The predicted octanol–water partition coefficient (Wildman–Crippen LogP) is 6.96. The molecule has 8 N–H and O–H groups in total. The molecule has 0 bridgehead atoms. The van der Waals surface area contributed by atoms with Crippen LogP contribution in [0.25, 0.3) is 0 Å². The van der Waals surface area contributed by atoms with E-state index in [0.29, 0.717) is 23.7 Å². The standard InChI is InChI=1S/4C11H11O2.Eu/c4*1-8(12)11(9(2)13)10-6-4-3-5-7-10;/h4*3-7H,1-2H3;/q4*-1;+3/p+8. The van der Waals surface area contributed by atoms with E-state index in [1.54, 1.807) is 55.4 Å². The van der Waals surface area contributed by atoms with Crippen molar-refractivity contribution >= 4 is 46.3 Å². The first-order chi connectivity index (χ1) is 24.5. The van der Waals surface area contributed by atoms with Gasteiger partial charge in [0.25, 0.3) is 46.3 Å². The minimum atomic E-state index is 0. The number of carbonyl (C=O) groups excluding carboxylic acids is 8. The summed E-state index contributed by atoms with van der Waals surface area (Å²) in [6.45, 7) is 12.5. The van der Waals surface area contributed by atoms with Gasteiger partial charge in [0.1, 0.15) is 0 Å². The maximum Gasteiger partial charge on any atom is 3.00 e. The first-order valence-electron chi connectivity index (χ1n) is 16.4. The maximum absolute atomic E-state index is 9.33. The zero-order valence-corrected chi connectivity index (χ0v) is 33.9. The molecule has 0 atom stereocenters. The van der Waals surface area contributed by atoms with Gasteiger partial charge in [-0.1, -0.05) is 24.3 Å². The van der Waals surface area contributed by atoms with Gasteiger partial charge in [0.05, 0.1) is 23.7 Å². The van der Waals surface area contributed by atoms with Gasteiger partial charge in [-0.05, 0) is 0 Å². The third kappa shape index (κ3) is 17.1. The molecular weight excluding hydrogens is 808 g/mol. The van der Waals surface area contributed by atoms with E-state index in [0.717, 1.165) is 22.3 Å². The molecule has 4 aromatic rings. The van der Waals surface area contributed by atoms with Crippen LogP contribution in [-0.4, -0.2) is 84.6 Å². The zero-order valence-electron chi connectivity index (χ0n) is 31.5. The normalized spacial score (nSPS) is 9.21. The van der Waals surface area contributed by atoms with E-state index < -0.39 is 0 Å². The molecule has 0 amide bonds. The Morgan fingerprint density at radius 2 is 0.377 bits per heavy atom. The number of rotatable bonds is 12. The quantitative estimate of drug-likeness (QED) is 0.0817. The number of benzene rings is 4. The Bertz CT molecular complexity index is 1480. The number of hydrogen-bond acceptors (Lipinski definition) is 0. The smallest absolute Gasteiger partial charge is 0.292 e. The molecule has 0 heterocycles. The van der Waals surface area contributed by atoms with Crippen molar-refractivity contribution in [3.63, 3.8) is 0 Å². The van der Waals surface area contributed by atoms with Crippen LogP contribution in [0.2, 0.25) is 0 Å². The summed E-state index contributed by atoms with van der Waals surface area (Å²) < 4.78 is 0. The van der Waals surface area contributed by atoms with Crippen molar-refractivity contribution in [2.45, 2.75) is 55.4 Å². The third-order valence-electron chi connectivity index (χ3n) is 7.14. The molecule has 4 rings (SSSR count).